The molecule has 1 heterocycles. The van der Waals surface area contributed by atoms with Crippen molar-refractivity contribution in [3.63, 3.8) is 0 Å². The van der Waals surface area contributed by atoms with E-state index in [2.05, 4.69) is 15.3 Å². The molecule has 0 fully saturated rings. The van der Waals surface area contributed by atoms with E-state index in [-0.39, 0.29) is 17.8 Å². The lowest BCUT2D eigenvalue weighted by Crippen LogP contribution is -2.17. The third kappa shape index (κ3) is 4.83. The molecule has 2 aromatic carbocycles. The average Bonchev–Trinajstić information content (AvgIpc) is 3.08. The van der Waals surface area contributed by atoms with Crippen LogP contribution in [-0.2, 0) is 9.53 Å². The first-order valence-corrected chi connectivity index (χ1v) is 9.71. The van der Waals surface area contributed by atoms with E-state index in [9.17, 15) is 9.59 Å². The normalized spacial score (nSPS) is 10.9. The van der Waals surface area contributed by atoms with E-state index in [4.69, 9.17) is 9.47 Å². The van der Waals surface area contributed by atoms with Gasteiger partial charge in [-0.05, 0) is 38.1 Å². The topological polar surface area (TPSA) is 93.3 Å². The van der Waals surface area contributed by atoms with Gasteiger partial charge in [-0.1, -0.05) is 23.9 Å². The molecule has 0 aliphatic heterocycles. The number of amides is 1. The van der Waals surface area contributed by atoms with E-state index in [0.717, 1.165) is 16.8 Å². The van der Waals surface area contributed by atoms with E-state index in [1.807, 2.05) is 32.0 Å². The summed E-state index contributed by atoms with van der Waals surface area (Å²) in [4.78, 5) is 31.7. The first-order valence-electron chi connectivity index (χ1n) is 8.72. The monoisotopic (exact) mass is 399 g/mol. The lowest BCUT2D eigenvalue weighted by molar-refractivity contribution is -0.113. The van der Waals surface area contributed by atoms with Crippen LogP contribution in [0.4, 0.5) is 5.69 Å². The van der Waals surface area contributed by atoms with E-state index >= 15 is 0 Å². The molecule has 1 amide bonds. The summed E-state index contributed by atoms with van der Waals surface area (Å²) < 4.78 is 10.4. The number of imidazole rings is 1. The van der Waals surface area contributed by atoms with Crippen LogP contribution < -0.4 is 10.1 Å². The summed E-state index contributed by atoms with van der Waals surface area (Å²) in [5.41, 5.74) is 2.37. The molecule has 3 rings (SSSR count). The maximum absolute atomic E-state index is 12.3. The van der Waals surface area contributed by atoms with Crippen LogP contribution in [0.2, 0.25) is 0 Å². The van der Waals surface area contributed by atoms with Gasteiger partial charge in [0.15, 0.2) is 5.16 Å². The van der Waals surface area contributed by atoms with Crippen molar-refractivity contribution < 1.29 is 19.1 Å². The van der Waals surface area contributed by atoms with Gasteiger partial charge in [0, 0.05) is 6.07 Å². The lowest BCUT2D eigenvalue weighted by atomic mass is 10.2. The van der Waals surface area contributed by atoms with Gasteiger partial charge in [0.1, 0.15) is 5.75 Å². The maximum Gasteiger partial charge on any atom is 0.339 e. The zero-order chi connectivity index (χ0) is 20.1. The number of aromatic nitrogens is 2. The fourth-order valence-corrected chi connectivity index (χ4v) is 3.26. The molecule has 0 atom stereocenters. The van der Waals surface area contributed by atoms with Crippen LogP contribution in [0.3, 0.4) is 0 Å². The molecule has 2 N–H and O–H groups in total. The number of methoxy groups -OCH3 is 1. The third-order valence-electron chi connectivity index (χ3n) is 3.75. The molecule has 0 bridgehead atoms. The Morgan fingerprint density at radius 3 is 2.75 bits per heavy atom. The van der Waals surface area contributed by atoms with Crippen molar-refractivity contribution in [1.29, 1.82) is 0 Å². The van der Waals surface area contributed by atoms with Crippen LogP contribution >= 0.6 is 11.8 Å². The Kier molecular flexibility index (Phi) is 6.20. The number of carbonyl (C=O) groups excluding carboxylic acids is 2. The molecule has 0 unspecified atom stereocenters. The highest BCUT2D eigenvalue weighted by atomic mass is 32.2. The third-order valence-corrected chi connectivity index (χ3v) is 4.62. The van der Waals surface area contributed by atoms with Crippen LogP contribution in [0.15, 0.2) is 47.6 Å². The highest BCUT2D eigenvalue weighted by Gasteiger charge is 2.14. The van der Waals surface area contributed by atoms with Crippen molar-refractivity contribution in [2.45, 2.75) is 25.1 Å². The second-order valence-corrected chi connectivity index (χ2v) is 7.23. The first-order chi connectivity index (χ1) is 13.5. The summed E-state index contributed by atoms with van der Waals surface area (Å²) in [5, 5.41) is 3.37. The zero-order valence-electron chi connectivity index (χ0n) is 15.8. The summed E-state index contributed by atoms with van der Waals surface area (Å²) in [6.45, 7) is 3.94. The zero-order valence-corrected chi connectivity index (χ0v) is 16.6. The molecule has 146 valence electrons. The van der Waals surface area contributed by atoms with Gasteiger partial charge in [-0.3, -0.25) is 4.79 Å². The number of thioether (sulfide) groups is 1. The van der Waals surface area contributed by atoms with Crippen LogP contribution in [0.1, 0.15) is 24.2 Å². The first kappa shape index (κ1) is 19.8. The number of para-hydroxylation sites is 1. The minimum absolute atomic E-state index is 0.0887. The fourth-order valence-electron chi connectivity index (χ4n) is 2.58. The minimum Gasteiger partial charge on any atom is -0.491 e. The number of H-pyrrole nitrogens is 1. The van der Waals surface area contributed by atoms with Gasteiger partial charge in [-0.2, -0.15) is 0 Å². The molecule has 1 aromatic heterocycles. The molecule has 8 heteroatoms. The smallest absolute Gasteiger partial charge is 0.339 e. The molecular weight excluding hydrogens is 378 g/mol. The van der Waals surface area contributed by atoms with Crippen LogP contribution in [-0.4, -0.2) is 40.8 Å². The Morgan fingerprint density at radius 2 is 2.00 bits per heavy atom. The predicted molar refractivity (Wildman–Crippen MR) is 109 cm³/mol. The maximum atomic E-state index is 12.3. The predicted octanol–water partition coefficient (Wildman–Crippen LogP) is 3.87. The number of esters is 1. The van der Waals surface area contributed by atoms with Gasteiger partial charge in [0.25, 0.3) is 0 Å². The van der Waals surface area contributed by atoms with Gasteiger partial charge >= 0.3 is 5.97 Å². The molecule has 0 radical (unpaired) electrons. The molecule has 7 nitrogen and oxygen atoms in total. The SMILES string of the molecule is COC(=O)c1ccccc1NC(=O)CSc1nc2ccc(OC(C)C)cc2[nH]1. The van der Waals surface area contributed by atoms with Crippen molar-refractivity contribution in [3.8, 4) is 5.75 Å². The van der Waals surface area contributed by atoms with Gasteiger partial charge in [-0.15, -0.1) is 0 Å². The number of rotatable bonds is 7. The van der Waals surface area contributed by atoms with Gasteiger partial charge in [0.05, 0.1) is 41.3 Å². The number of nitrogens with one attached hydrogen (secondary N) is 2. The molecule has 0 saturated carbocycles. The van der Waals surface area contributed by atoms with E-state index in [1.165, 1.54) is 18.9 Å². The van der Waals surface area contributed by atoms with Crippen molar-refractivity contribution in [2.75, 3.05) is 18.2 Å². The Hall–Kier alpha value is -3.00. The second kappa shape index (κ2) is 8.79. The number of hydrogen-bond donors (Lipinski definition) is 2. The van der Waals surface area contributed by atoms with Crippen molar-refractivity contribution in [2.24, 2.45) is 0 Å². The number of aromatic amines is 1. The lowest BCUT2D eigenvalue weighted by Gasteiger charge is -2.09. The number of ether oxygens (including phenoxy) is 2. The Morgan fingerprint density at radius 1 is 1.21 bits per heavy atom. The Bertz CT molecular complexity index is 1000. The van der Waals surface area contributed by atoms with Crippen LogP contribution in [0, 0.1) is 0 Å². The summed E-state index contributed by atoms with van der Waals surface area (Å²) in [5.74, 6) is 0.163. The minimum atomic E-state index is -0.500. The van der Waals surface area contributed by atoms with E-state index in [0.29, 0.717) is 16.4 Å². The number of hydrogen-bond acceptors (Lipinski definition) is 6. The number of fused-ring (bicyclic) bond motifs is 1. The molecule has 0 aliphatic carbocycles. The quantitative estimate of drug-likeness (QED) is 0.463. The molecular formula is C20H21N3O4S. The highest BCUT2D eigenvalue weighted by Crippen LogP contribution is 2.24. The molecule has 28 heavy (non-hydrogen) atoms. The summed E-state index contributed by atoms with van der Waals surface area (Å²) in [6.07, 6.45) is 0.0887. The van der Waals surface area contributed by atoms with Crippen molar-refractivity contribution in [3.05, 3.63) is 48.0 Å². The summed E-state index contributed by atoms with van der Waals surface area (Å²) in [7, 11) is 1.30. The van der Waals surface area contributed by atoms with Crippen molar-refractivity contribution in [1.82, 2.24) is 9.97 Å². The molecule has 0 aliphatic rings. The average molecular weight is 399 g/mol. The van der Waals surface area contributed by atoms with Crippen LogP contribution in [0.25, 0.3) is 11.0 Å². The van der Waals surface area contributed by atoms with Crippen LogP contribution in [0.5, 0.6) is 5.75 Å². The molecule has 3 aromatic rings. The number of anilines is 1. The van der Waals surface area contributed by atoms with Gasteiger partial charge in [0.2, 0.25) is 5.91 Å². The Labute approximate surface area is 166 Å². The highest BCUT2D eigenvalue weighted by molar-refractivity contribution is 7.99. The number of nitrogens with zero attached hydrogens (tertiary/aromatic N) is 1. The summed E-state index contributed by atoms with van der Waals surface area (Å²) >= 11 is 1.28. The second-order valence-electron chi connectivity index (χ2n) is 6.26. The van der Waals surface area contributed by atoms with E-state index in [1.54, 1.807) is 24.3 Å². The fraction of sp³-hybridized carbons (Fsp3) is 0.250. The van der Waals surface area contributed by atoms with E-state index < -0.39 is 5.97 Å². The van der Waals surface area contributed by atoms with Crippen molar-refractivity contribution >= 4 is 40.4 Å². The van der Waals surface area contributed by atoms with Gasteiger partial charge in [-0.25, -0.2) is 9.78 Å². The number of carbonyl (C=O) groups is 2. The molecule has 0 spiro atoms. The Balaban J connectivity index is 1.64. The standard InChI is InChI=1S/C20H21N3O4S/c1-12(2)27-13-8-9-16-17(10-13)23-20(22-16)28-11-18(24)21-15-7-5-4-6-14(15)19(25)26-3/h4-10,12H,11H2,1-3H3,(H,21,24)(H,22,23). The molecule has 0 saturated heterocycles. The van der Waals surface area contributed by atoms with Gasteiger partial charge < -0.3 is 19.8 Å². The summed E-state index contributed by atoms with van der Waals surface area (Å²) in [6, 6.07) is 12.3. The largest absolute Gasteiger partial charge is 0.491 e. The number of benzene rings is 2.